The molecule has 32 heavy (non-hydrogen) atoms. The number of rotatable bonds is 6. The van der Waals surface area contributed by atoms with Crippen LogP contribution in [0.1, 0.15) is 19.0 Å². The molecule has 1 saturated heterocycles. The summed E-state index contributed by atoms with van der Waals surface area (Å²) >= 11 is 6.47. The minimum Gasteiger partial charge on any atom is -0.378 e. The zero-order valence-electron chi connectivity index (χ0n) is 18.1. The lowest BCUT2D eigenvalue weighted by molar-refractivity contribution is -0.117. The summed E-state index contributed by atoms with van der Waals surface area (Å²) in [6, 6.07) is 1.71. The summed E-state index contributed by atoms with van der Waals surface area (Å²) in [5.74, 6) is 0.291. The van der Waals surface area contributed by atoms with E-state index in [0.29, 0.717) is 11.0 Å². The molecule has 0 saturated carbocycles. The minimum absolute atomic E-state index is 0.0264. The van der Waals surface area contributed by atoms with Gasteiger partial charge in [0.25, 0.3) is 0 Å². The molecule has 1 aromatic rings. The van der Waals surface area contributed by atoms with Gasteiger partial charge in [-0.05, 0) is 29.9 Å². The first-order valence-corrected chi connectivity index (χ1v) is 11.2. The van der Waals surface area contributed by atoms with Crippen molar-refractivity contribution < 1.29 is 9.53 Å². The lowest BCUT2D eigenvalue weighted by atomic mass is 9.91. The highest BCUT2D eigenvalue weighted by Crippen LogP contribution is 2.31. The van der Waals surface area contributed by atoms with Crippen LogP contribution >= 0.6 is 11.6 Å². The van der Waals surface area contributed by atoms with Gasteiger partial charge < -0.3 is 20.3 Å². The van der Waals surface area contributed by atoms with Crippen LogP contribution in [0.3, 0.4) is 0 Å². The van der Waals surface area contributed by atoms with Crippen molar-refractivity contribution in [3.63, 3.8) is 0 Å². The Balaban J connectivity index is 1.47. The smallest absolute Gasteiger partial charge is 0.243 e. The highest BCUT2D eigenvalue weighted by atomic mass is 35.5. The number of carbonyl (C=O) groups excluding carboxylic acids is 1. The lowest BCUT2D eigenvalue weighted by Crippen LogP contribution is -2.38. The number of morpholine rings is 1. The number of carbonyl (C=O) groups is 1. The zero-order chi connectivity index (χ0) is 22.5. The average molecular weight is 454 g/mol. The molecule has 4 rings (SSSR count). The molecular formula is C24H28ClN5O2. The van der Waals surface area contributed by atoms with Crippen LogP contribution in [0.4, 0.5) is 5.95 Å². The van der Waals surface area contributed by atoms with Crippen LogP contribution in [0.25, 0.3) is 5.57 Å². The van der Waals surface area contributed by atoms with Crippen LogP contribution in [0.5, 0.6) is 0 Å². The number of hydrogen-bond acceptors (Lipinski definition) is 6. The molecule has 0 aromatic carbocycles. The van der Waals surface area contributed by atoms with Gasteiger partial charge in [0.05, 0.1) is 31.0 Å². The number of amides is 1. The normalized spacial score (nSPS) is 25.4. The Morgan fingerprint density at radius 2 is 2.19 bits per heavy atom. The van der Waals surface area contributed by atoms with Gasteiger partial charge in [-0.25, -0.2) is 9.97 Å². The second kappa shape index (κ2) is 10.1. The van der Waals surface area contributed by atoms with Crippen molar-refractivity contribution in [1.29, 1.82) is 0 Å². The Morgan fingerprint density at radius 3 is 2.97 bits per heavy atom. The van der Waals surface area contributed by atoms with Crippen LogP contribution in [-0.2, 0) is 9.53 Å². The number of ether oxygens (including phenoxy) is 1. The molecule has 1 fully saturated rings. The SMILES string of the molecule is C=CC(=O)N[C@H]1C=C(c2ccnc(NC3C=CC=C(N4CCOCC4)C3)n2)C=C(Cl)C1C. The number of nitrogens with zero attached hydrogens (tertiary/aromatic N) is 3. The minimum atomic E-state index is -0.234. The van der Waals surface area contributed by atoms with Gasteiger partial charge in [-0.2, -0.15) is 0 Å². The summed E-state index contributed by atoms with van der Waals surface area (Å²) in [6.07, 6.45) is 14.1. The summed E-state index contributed by atoms with van der Waals surface area (Å²) in [7, 11) is 0. The number of anilines is 1. The molecular weight excluding hydrogens is 426 g/mol. The molecule has 0 bridgehead atoms. The Labute approximate surface area is 193 Å². The maximum Gasteiger partial charge on any atom is 0.243 e. The topological polar surface area (TPSA) is 79.4 Å². The van der Waals surface area contributed by atoms with Crippen molar-refractivity contribution in [2.75, 3.05) is 31.6 Å². The Hall–Kier alpha value is -2.90. The number of hydrogen-bond donors (Lipinski definition) is 2. The van der Waals surface area contributed by atoms with Gasteiger partial charge in [0.15, 0.2) is 0 Å². The van der Waals surface area contributed by atoms with Crippen molar-refractivity contribution in [3.8, 4) is 0 Å². The molecule has 0 spiro atoms. The van der Waals surface area contributed by atoms with Crippen molar-refractivity contribution >= 4 is 29.0 Å². The summed E-state index contributed by atoms with van der Waals surface area (Å²) in [5.41, 5.74) is 2.89. The molecule has 168 valence electrons. The van der Waals surface area contributed by atoms with Crippen molar-refractivity contribution in [1.82, 2.24) is 20.2 Å². The third kappa shape index (κ3) is 5.29. The Kier molecular flexibility index (Phi) is 7.07. The molecule has 1 aromatic heterocycles. The van der Waals surface area contributed by atoms with E-state index in [0.717, 1.165) is 44.0 Å². The fourth-order valence-electron chi connectivity index (χ4n) is 3.99. The standard InChI is InChI=1S/C24H28ClN5O2/c1-3-23(31)28-22-14-17(13-20(25)16(22)2)21-7-8-26-24(29-21)27-18-5-4-6-19(15-18)30-9-11-32-12-10-30/h3-8,13-14,16,18,22H,1,9-12,15H2,2H3,(H,28,31)(H,26,27,29)/t16?,18?,22-/m0/s1. The van der Waals surface area contributed by atoms with Crippen molar-refractivity contribution in [2.45, 2.75) is 25.4 Å². The first kappa shape index (κ1) is 22.3. The van der Waals surface area contributed by atoms with Gasteiger partial charge in [-0.15, -0.1) is 0 Å². The van der Waals surface area contributed by atoms with E-state index in [2.05, 4.69) is 45.3 Å². The lowest BCUT2D eigenvalue weighted by Gasteiger charge is -2.33. The fraction of sp³-hybridized carbons (Fsp3) is 0.375. The molecule has 7 nitrogen and oxygen atoms in total. The zero-order valence-corrected chi connectivity index (χ0v) is 18.9. The van der Waals surface area contributed by atoms with E-state index >= 15 is 0 Å². The third-order valence-electron chi connectivity index (χ3n) is 5.86. The predicted molar refractivity (Wildman–Crippen MR) is 127 cm³/mol. The molecule has 1 amide bonds. The first-order chi connectivity index (χ1) is 15.5. The van der Waals surface area contributed by atoms with E-state index in [1.54, 1.807) is 6.20 Å². The van der Waals surface area contributed by atoms with Gasteiger partial charge in [-0.3, -0.25) is 4.79 Å². The van der Waals surface area contributed by atoms with E-state index < -0.39 is 0 Å². The van der Waals surface area contributed by atoms with Gasteiger partial charge in [0, 0.05) is 42.4 Å². The van der Waals surface area contributed by atoms with Crippen molar-refractivity contribution in [3.05, 3.63) is 71.7 Å². The molecule has 1 aliphatic heterocycles. The average Bonchev–Trinajstić information content (AvgIpc) is 2.82. The quantitative estimate of drug-likeness (QED) is 0.643. The van der Waals surface area contributed by atoms with Gasteiger partial charge in [0.1, 0.15) is 0 Å². The molecule has 2 unspecified atom stereocenters. The van der Waals surface area contributed by atoms with Crippen LogP contribution in [0.2, 0.25) is 0 Å². The number of allylic oxidation sites excluding steroid dienone is 4. The largest absolute Gasteiger partial charge is 0.378 e. The first-order valence-electron chi connectivity index (χ1n) is 10.9. The van der Waals surface area contributed by atoms with E-state index in [-0.39, 0.29) is 23.9 Å². The molecule has 0 radical (unpaired) electrons. The fourth-order valence-corrected chi connectivity index (χ4v) is 4.24. The van der Waals surface area contributed by atoms with E-state index in [4.69, 9.17) is 21.3 Å². The van der Waals surface area contributed by atoms with Gasteiger partial charge in [-0.1, -0.05) is 43.3 Å². The predicted octanol–water partition coefficient (Wildman–Crippen LogP) is 3.26. The number of nitrogens with one attached hydrogen (secondary N) is 2. The van der Waals surface area contributed by atoms with Crippen LogP contribution in [0.15, 0.2) is 66.0 Å². The molecule has 2 N–H and O–H groups in total. The Bertz CT molecular complexity index is 994. The summed E-state index contributed by atoms with van der Waals surface area (Å²) in [5, 5.41) is 7.02. The second-order valence-electron chi connectivity index (χ2n) is 8.04. The monoisotopic (exact) mass is 453 g/mol. The molecule has 8 heteroatoms. The summed E-state index contributed by atoms with van der Waals surface area (Å²) < 4.78 is 5.46. The van der Waals surface area contributed by atoms with E-state index in [1.807, 2.05) is 25.1 Å². The summed E-state index contributed by atoms with van der Waals surface area (Å²) in [4.78, 5) is 23.3. The van der Waals surface area contributed by atoms with Gasteiger partial charge >= 0.3 is 0 Å². The molecule has 2 heterocycles. The van der Waals surface area contributed by atoms with E-state index in [9.17, 15) is 4.79 Å². The highest BCUT2D eigenvalue weighted by molar-refractivity contribution is 6.30. The third-order valence-corrected chi connectivity index (χ3v) is 6.32. The Morgan fingerprint density at radius 1 is 1.38 bits per heavy atom. The maximum absolute atomic E-state index is 11.8. The van der Waals surface area contributed by atoms with Crippen LogP contribution in [-0.4, -0.2) is 59.2 Å². The number of halogens is 1. The second-order valence-corrected chi connectivity index (χ2v) is 8.48. The van der Waals surface area contributed by atoms with Gasteiger partial charge in [0.2, 0.25) is 11.9 Å². The highest BCUT2D eigenvalue weighted by Gasteiger charge is 2.25. The molecule has 2 aliphatic carbocycles. The van der Waals surface area contributed by atoms with Crippen molar-refractivity contribution in [2.24, 2.45) is 5.92 Å². The maximum atomic E-state index is 11.8. The van der Waals surface area contributed by atoms with Crippen LogP contribution in [0, 0.1) is 5.92 Å². The summed E-state index contributed by atoms with van der Waals surface area (Å²) in [6.45, 7) is 8.86. The van der Waals surface area contributed by atoms with Crippen LogP contribution < -0.4 is 10.6 Å². The number of aromatic nitrogens is 2. The molecule has 3 aliphatic rings. The molecule has 3 atom stereocenters. The van der Waals surface area contributed by atoms with E-state index in [1.165, 1.54) is 11.8 Å².